The van der Waals surface area contributed by atoms with Crippen molar-refractivity contribution < 1.29 is 33.7 Å². The molecule has 4 aromatic rings. The summed E-state index contributed by atoms with van der Waals surface area (Å²) in [4.78, 5) is 28.4. The zero-order valence-corrected chi connectivity index (χ0v) is 19.6. The molecule has 2 heterocycles. The van der Waals surface area contributed by atoms with Crippen LogP contribution in [0.1, 0.15) is 27.7 Å². The molecule has 1 aromatic heterocycles. The molecule has 2 N–H and O–H groups in total. The van der Waals surface area contributed by atoms with Gasteiger partial charge in [-0.05, 0) is 35.4 Å². The number of hydrogen-bond acceptors (Lipinski definition) is 7. The Labute approximate surface area is 206 Å². The summed E-state index contributed by atoms with van der Waals surface area (Å²) < 4.78 is 16.4. The van der Waals surface area contributed by atoms with Gasteiger partial charge in [0.25, 0.3) is 5.91 Å². The Balaban J connectivity index is 1.63. The van der Waals surface area contributed by atoms with Crippen LogP contribution in [0.2, 0.25) is 0 Å². The first-order valence-corrected chi connectivity index (χ1v) is 11.2. The number of fused-ring (bicyclic) bond motifs is 1. The largest absolute Gasteiger partial charge is 0.504 e. The van der Waals surface area contributed by atoms with E-state index in [1.54, 1.807) is 36.4 Å². The Bertz CT molecular complexity index is 1500. The van der Waals surface area contributed by atoms with E-state index in [-0.39, 0.29) is 29.4 Å². The van der Waals surface area contributed by atoms with E-state index in [2.05, 4.69) is 0 Å². The molecule has 0 saturated carbocycles. The number of methoxy groups -OCH3 is 2. The molecule has 8 heteroatoms. The van der Waals surface area contributed by atoms with Crippen LogP contribution in [0.3, 0.4) is 0 Å². The second-order valence-corrected chi connectivity index (χ2v) is 8.33. The number of phenolic OH excluding ortho intramolecular Hbond substituents is 1. The van der Waals surface area contributed by atoms with Gasteiger partial charge >= 0.3 is 0 Å². The number of furan rings is 1. The van der Waals surface area contributed by atoms with E-state index in [1.807, 2.05) is 30.3 Å². The van der Waals surface area contributed by atoms with Gasteiger partial charge in [-0.3, -0.25) is 9.59 Å². The molecule has 1 aliphatic rings. The van der Waals surface area contributed by atoms with E-state index in [0.29, 0.717) is 22.3 Å². The number of ether oxygens (including phenoxy) is 2. The van der Waals surface area contributed by atoms with Gasteiger partial charge in [-0.15, -0.1) is 0 Å². The molecular formula is C28H23NO7. The van der Waals surface area contributed by atoms with Crippen molar-refractivity contribution in [1.29, 1.82) is 0 Å². The molecule has 3 aromatic carbocycles. The number of para-hydroxylation sites is 1. The second-order valence-electron chi connectivity index (χ2n) is 8.33. The monoisotopic (exact) mass is 485 g/mol. The number of phenols is 1. The molecule has 182 valence electrons. The van der Waals surface area contributed by atoms with Gasteiger partial charge in [0.05, 0.1) is 25.8 Å². The number of Topliss-reactive ketones (excluding diaryl/α,β-unsaturated/α-hetero) is 1. The third kappa shape index (κ3) is 3.82. The van der Waals surface area contributed by atoms with Crippen molar-refractivity contribution >= 4 is 22.7 Å². The molecule has 0 bridgehead atoms. The summed E-state index contributed by atoms with van der Waals surface area (Å²) in [5.74, 6) is -1.48. The molecule has 0 radical (unpaired) electrons. The number of amides is 1. The van der Waals surface area contributed by atoms with Crippen LogP contribution in [0.4, 0.5) is 0 Å². The number of carbonyl (C=O) groups is 2. The number of aromatic hydroxyl groups is 1. The minimum atomic E-state index is -0.949. The molecule has 0 spiro atoms. The normalized spacial score (nSPS) is 15.6. The molecule has 1 amide bonds. The van der Waals surface area contributed by atoms with E-state index in [4.69, 9.17) is 13.9 Å². The summed E-state index contributed by atoms with van der Waals surface area (Å²) in [7, 11) is 2.90. The Hall–Kier alpha value is -4.72. The smallest absolute Gasteiger partial charge is 0.290 e. The number of rotatable bonds is 7. The first-order chi connectivity index (χ1) is 17.4. The predicted octanol–water partition coefficient (Wildman–Crippen LogP) is 4.93. The van der Waals surface area contributed by atoms with Crippen LogP contribution < -0.4 is 9.47 Å². The van der Waals surface area contributed by atoms with Crippen LogP contribution in [0, 0.1) is 0 Å². The van der Waals surface area contributed by atoms with Crippen LogP contribution in [0.5, 0.6) is 17.2 Å². The van der Waals surface area contributed by atoms with Crippen molar-refractivity contribution in [3.05, 3.63) is 101 Å². The molecule has 1 aliphatic heterocycles. The van der Waals surface area contributed by atoms with Crippen LogP contribution in [-0.2, 0) is 11.3 Å². The van der Waals surface area contributed by atoms with Crippen molar-refractivity contribution in [3.8, 4) is 17.2 Å². The molecule has 36 heavy (non-hydrogen) atoms. The number of nitrogens with zero attached hydrogens (tertiary/aromatic N) is 1. The second kappa shape index (κ2) is 9.14. The molecule has 5 rings (SSSR count). The summed E-state index contributed by atoms with van der Waals surface area (Å²) >= 11 is 0. The Morgan fingerprint density at radius 3 is 2.42 bits per heavy atom. The maximum atomic E-state index is 13.8. The third-order valence-electron chi connectivity index (χ3n) is 6.22. The summed E-state index contributed by atoms with van der Waals surface area (Å²) in [6.45, 7) is 0.141. The van der Waals surface area contributed by atoms with E-state index < -0.39 is 23.5 Å². The highest BCUT2D eigenvalue weighted by molar-refractivity contribution is 6.16. The lowest BCUT2D eigenvalue weighted by atomic mass is 9.94. The lowest BCUT2D eigenvalue weighted by molar-refractivity contribution is -0.130. The van der Waals surface area contributed by atoms with Gasteiger partial charge in [-0.2, -0.15) is 0 Å². The van der Waals surface area contributed by atoms with E-state index in [0.717, 1.165) is 5.56 Å². The van der Waals surface area contributed by atoms with Crippen LogP contribution >= 0.6 is 0 Å². The summed E-state index contributed by atoms with van der Waals surface area (Å²) in [5.41, 5.74) is 1.56. The molecule has 1 atom stereocenters. The van der Waals surface area contributed by atoms with Crippen molar-refractivity contribution in [2.24, 2.45) is 0 Å². The summed E-state index contributed by atoms with van der Waals surface area (Å²) in [5, 5.41) is 21.7. The fourth-order valence-corrected chi connectivity index (χ4v) is 4.48. The predicted molar refractivity (Wildman–Crippen MR) is 131 cm³/mol. The van der Waals surface area contributed by atoms with E-state index in [1.165, 1.54) is 25.2 Å². The highest BCUT2D eigenvalue weighted by atomic mass is 16.5. The lowest BCUT2D eigenvalue weighted by Gasteiger charge is -2.27. The van der Waals surface area contributed by atoms with Crippen molar-refractivity contribution in [3.63, 3.8) is 0 Å². The van der Waals surface area contributed by atoms with E-state index in [9.17, 15) is 19.8 Å². The van der Waals surface area contributed by atoms with Crippen molar-refractivity contribution in [1.82, 2.24) is 4.90 Å². The van der Waals surface area contributed by atoms with Crippen molar-refractivity contribution in [2.75, 3.05) is 14.2 Å². The van der Waals surface area contributed by atoms with Crippen LogP contribution in [0.25, 0.3) is 11.0 Å². The topological polar surface area (TPSA) is 109 Å². The molecule has 0 saturated heterocycles. The molecule has 1 unspecified atom stereocenters. The van der Waals surface area contributed by atoms with Gasteiger partial charge in [-0.1, -0.05) is 48.5 Å². The van der Waals surface area contributed by atoms with Crippen molar-refractivity contribution in [2.45, 2.75) is 12.6 Å². The average molecular weight is 485 g/mol. The maximum Gasteiger partial charge on any atom is 0.290 e. The number of aliphatic hydroxyl groups is 1. The van der Waals surface area contributed by atoms with Crippen LogP contribution in [0.15, 0.2) is 88.5 Å². The highest BCUT2D eigenvalue weighted by Crippen LogP contribution is 2.43. The lowest BCUT2D eigenvalue weighted by Crippen LogP contribution is -2.30. The molecule has 8 nitrogen and oxygen atoms in total. The first kappa shape index (κ1) is 23.0. The zero-order chi connectivity index (χ0) is 25.4. The summed E-state index contributed by atoms with van der Waals surface area (Å²) in [6, 6.07) is 19.7. The minimum Gasteiger partial charge on any atom is -0.504 e. The summed E-state index contributed by atoms with van der Waals surface area (Å²) in [6.07, 6.45) is 0. The zero-order valence-electron chi connectivity index (χ0n) is 19.6. The molecule has 0 fully saturated rings. The number of aliphatic hydroxyl groups excluding tert-OH is 1. The highest BCUT2D eigenvalue weighted by Gasteiger charge is 2.44. The minimum absolute atomic E-state index is 0.0406. The quantitative estimate of drug-likeness (QED) is 0.357. The molecule has 0 aliphatic carbocycles. The van der Waals surface area contributed by atoms with E-state index >= 15 is 0 Å². The fourth-order valence-electron chi connectivity index (χ4n) is 4.48. The molecular weight excluding hydrogens is 462 g/mol. The van der Waals surface area contributed by atoms with Crippen LogP contribution in [-0.4, -0.2) is 41.0 Å². The Morgan fingerprint density at radius 2 is 1.69 bits per heavy atom. The van der Waals surface area contributed by atoms with Gasteiger partial charge < -0.3 is 29.0 Å². The number of hydrogen-bond donors (Lipinski definition) is 2. The maximum absolute atomic E-state index is 13.8. The van der Waals surface area contributed by atoms with Gasteiger partial charge in [0.2, 0.25) is 5.78 Å². The fraction of sp³-hybridized carbons (Fsp3) is 0.143. The number of ketones is 1. The standard InChI is InChI=1S/C28H23NO7/c1-34-20-10-6-9-18-14-22(36-27(18)20)25(31)23-24(17-11-12-19(30)21(13-17)35-2)29(28(33)26(23)32)15-16-7-4-3-5-8-16/h3-14,24,30,32H,15H2,1-2H3. The van der Waals surface area contributed by atoms with Gasteiger partial charge in [0.15, 0.2) is 34.4 Å². The average Bonchev–Trinajstić information content (AvgIpc) is 3.44. The number of benzene rings is 3. The van der Waals surface area contributed by atoms with Gasteiger partial charge in [0, 0.05) is 11.9 Å². The third-order valence-corrected chi connectivity index (χ3v) is 6.22. The van der Waals surface area contributed by atoms with Gasteiger partial charge in [-0.25, -0.2) is 0 Å². The first-order valence-electron chi connectivity index (χ1n) is 11.2. The Kier molecular flexibility index (Phi) is 5.85. The van der Waals surface area contributed by atoms with Gasteiger partial charge in [0.1, 0.15) is 0 Å². The Morgan fingerprint density at radius 1 is 0.944 bits per heavy atom. The SMILES string of the molecule is COc1cc(C2C(C(=O)c3cc4cccc(OC)c4o3)=C(O)C(=O)N2Cc2ccccc2)ccc1O. The number of carbonyl (C=O) groups excluding carboxylic acids is 2.